The van der Waals surface area contributed by atoms with Gasteiger partial charge in [-0.1, -0.05) is 0 Å². The fraction of sp³-hybridized carbons (Fsp3) is 0.550. The van der Waals surface area contributed by atoms with Gasteiger partial charge in [0.15, 0.2) is 5.82 Å². The Bertz CT molecular complexity index is 961. The summed E-state index contributed by atoms with van der Waals surface area (Å²) in [5.74, 6) is 2.25. The summed E-state index contributed by atoms with van der Waals surface area (Å²) < 4.78 is 13.3. The molecule has 5 heterocycles. The maximum absolute atomic E-state index is 5.64. The van der Waals surface area contributed by atoms with Gasteiger partial charge in [0.1, 0.15) is 11.5 Å². The van der Waals surface area contributed by atoms with Crippen LogP contribution in [0.2, 0.25) is 0 Å². The molecular formula is C20H26N6O2. The lowest BCUT2D eigenvalue weighted by atomic mass is 9.91. The van der Waals surface area contributed by atoms with E-state index in [0.717, 1.165) is 74.4 Å². The van der Waals surface area contributed by atoms with Gasteiger partial charge in [0.2, 0.25) is 0 Å². The highest BCUT2D eigenvalue weighted by molar-refractivity contribution is 5.68. The zero-order valence-corrected chi connectivity index (χ0v) is 16.4. The minimum Gasteiger partial charge on any atom is -0.381 e. The first-order valence-electron chi connectivity index (χ1n) is 10.0. The molecule has 1 N–H and O–H groups in total. The topological polar surface area (TPSA) is 80.6 Å². The smallest absolute Gasteiger partial charge is 0.179 e. The van der Waals surface area contributed by atoms with Crippen molar-refractivity contribution in [3.05, 3.63) is 29.6 Å². The van der Waals surface area contributed by atoms with Crippen molar-refractivity contribution < 1.29 is 9.47 Å². The largest absolute Gasteiger partial charge is 0.381 e. The van der Waals surface area contributed by atoms with E-state index in [9.17, 15) is 0 Å². The number of nitrogens with one attached hydrogen (secondary N) is 1. The molecule has 0 amide bonds. The lowest BCUT2D eigenvalue weighted by Crippen LogP contribution is -2.44. The van der Waals surface area contributed by atoms with Gasteiger partial charge in [-0.2, -0.15) is 5.10 Å². The summed E-state index contributed by atoms with van der Waals surface area (Å²) in [6, 6.07) is 4.51. The van der Waals surface area contributed by atoms with Crippen molar-refractivity contribution in [2.45, 2.75) is 38.6 Å². The summed E-state index contributed by atoms with van der Waals surface area (Å²) >= 11 is 0. The molecule has 8 nitrogen and oxygen atoms in total. The number of anilines is 1. The number of aromatic nitrogens is 5. The molecule has 148 valence electrons. The standard InChI is InChI=1S/C20H26N6O2/c1-13-12-28-10-7-25(13)18-11-16(15-4-8-27-9-5-15)19-14(2)22-20(26(19)24-18)17-3-6-21-23-17/h3,6,11,13,15H,4-5,7-10,12H2,1-2H3,(H,21,23)/t13-/m1/s1. The lowest BCUT2D eigenvalue weighted by Gasteiger charge is -2.35. The average Bonchev–Trinajstić information content (AvgIpc) is 3.37. The van der Waals surface area contributed by atoms with Crippen LogP contribution < -0.4 is 4.90 Å². The number of hydrogen-bond donors (Lipinski definition) is 1. The second-order valence-corrected chi connectivity index (χ2v) is 7.71. The van der Waals surface area contributed by atoms with Crippen LogP contribution in [-0.2, 0) is 9.47 Å². The van der Waals surface area contributed by atoms with Crippen molar-refractivity contribution in [2.24, 2.45) is 0 Å². The molecule has 0 saturated carbocycles. The molecule has 2 saturated heterocycles. The molecule has 0 unspecified atom stereocenters. The number of aryl methyl sites for hydroxylation is 1. The Morgan fingerprint density at radius 3 is 2.79 bits per heavy atom. The Labute approximate surface area is 163 Å². The molecule has 3 aromatic rings. The fourth-order valence-corrected chi connectivity index (χ4v) is 4.37. The highest BCUT2D eigenvalue weighted by Crippen LogP contribution is 2.35. The third-order valence-electron chi connectivity index (χ3n) is 5.85. The highest BCUT2D eigenvalue weighted by atomic mass is 16.5. The lowest BCUT2D eigenvalue weighted by molar-refractivity contribution is 0.0854. The van der Waals surface area contributed by atoms with Gasteiger partial charge in [0.25, 0.3) is 0 Å². The second-order valence-electron chi connectivity index (χ2n) is 7.71. The molecule has 5 rings (SSSR count). The predicted octanol–water partition coefficient (Wildman–Crippen LogP) is 2.55. The third-order valence-corrected chi connectivity index (χ3v) is 5.85. The number of fused-ring (bicyclic) bond motifs is 1. The Hall–Kier alpha value is -2.45. The van der Waals surface area contributed by atoms with Crippen LogP contribution in [0.25, 0.3) is 17.0 Å². The van der Waals surface area contributed by atoms with E-state index in [0.29, 0.717) is 12.0 Å². The van der Waals surface area contributed by atoms with Crippen LogP contribution in [0, 0.1) is 6.92 Å². The van der Waals surface area contributed by atoms with Gasteiger partial charge in [0.05, 0.1) is 30.5 Å². The summed E-state index contributed by atoms with van der Waals surface area (Å²) in [5, 5.41) is 12.2. The number of H-pyrrole nitrogens is 1. The van der Waals surface area contributed by atoms with Gasteiger partial charge in [0, 0.05) is 26.0 Å². The molecular weight excluding hydrogens is 356 g/mol. The summed E-state index contributed by atoms with van der Waals surface area (Å²) in [6.45, 7) is 8.17. The van der Waals surface area contributed by atoms with Gasteiger partial charge < -0.3 is 14.4 Å². The van der Waals surface area contributed by atoms with Gasteiger partial charge >= 0.3 is 0 Å². The first kappa shape index (κ1) is 17.6. The predicted molar refractivity (Wildman–Crippen MR) is 106 cm³/mol. The Morgan fingerprint density at radius 2 is 2.04 bits per heavy atom. The molecule has 8 heteroatoms. The summed E-state index contributed by atoms with van der Waals surface area (Å²) in [5.41, 5.74) is 4.31. The van der Waals surface area contributed by atoms with E-state index < -0.39 is 0 Å². The van der Waals surface area contributed by atoms with Crippen LogP contribution in [0.15, 0.2) is 18.3 Å². The van der Waals surface area contributed by atoms with Crippen LogP contribution in [0.4, 0.5) is 5.82 Å². The van der Waals surface area contributed by atoms with Crippen LogP contribution in [0.3, 0.4) is 0 Å². The van der Waals surface area contributed by atoms with Crippen molar-refractivity contribution in [1.82, 2.24) is 24.8 Å². The Morgan fingerprint density at radius 1 is 1.18 bits per heavy atom. The van der Waals surface area contributed by atoms with Crippen LogP contribution >= 0.6 is 0 Å². The van der Waals surface area contributed by atoms with Crippen LogP contribution in [0.5, 0.6) is 0 Å². The average molecular weight is 382 g/mol. The minimum atomic E-state index is 0.293. The minimum absolute atomic E-state index is 0.293. The molecule has 0 aliphatic carbocycles. The molecule has 0 radical (unpaired) electrons. The molecule has 0 spiro atoms. The third kappa shape index (κ3) is 2.97. The molecule has 3 aromatic heterocycles. The van der Waals surface area contributed by atoms with E-state index in [4.69, 9.17) is 19.6 Å². The quantitative estimate of drug-likeness (QED) is 0.750. The van der Waals surface area contributed by atoms with Crippen molar-refractivity contribution in [3.63, 3.8) is 0 Å². The van der Waals surface area contributed by atoms with E-state index in [1.807, 2.05) is 10.6 Å². The zero-order valence-electron chi connectivity index (χ0n) is 16.4. The summed E-state index contributed by atoms with van der Waals surface area (Å²) in [7, 11) is 0. The Kier molecular flexibility index (Phi) is 4.52. The Balaban J connectivity index is 1.71. The van der Waals surface area contributed by atoms with E-state index >= 15 is 0 Å². The van der Waals surface area contributed by atoms with Gasteiger partial charge in [-0.15, -0.1) is 5.10 Å². The number of ether oxygens (including phenoxy) is 2. The normalized spacial score (nSPS) is 21.5. The molecule has 1 atom stereocenters. The number of morpholine rings is 1. The van der Waals surface area contributed by atoms with Crippen molar-refractivity contribution in [1.29, 1.82) is 0 Å². The maximum Gasteiger partial charge on any atom is 0.179 e. The SMILES string of the molecule is Cc1nc(-c2ccn[nH]2)n2nc(N3CCOC[C@H]3C)cc(C3CCOCC3)c12. The molecule has 28 heavy (non-hydrogen) atoms. The summed E-state index contributed by atoms with van der Waals surface area (Å²) in [4.78, 5) is 7.19. The number of rotatable bonds is 3. The van der Waals surface area contributed by atoms with Gasteiger partial charge in [-0.3, -0.25) is 5.10 Å². The van der Waals surface area contributed by atoms with Gasteiger partial charge in [-0.05, 0) is 50.3 Å². The molecule has 0 bridgehead atoms. The number of imidazole rings is 1. The first-order chi connectivity index (χ1) is 13.7. The zero-order chi connectivity index (χ0) is 19.1. The van der Waals surface area contributed by atoms with E-state index in [-0.39, 0.29) is 0 Å². The van der Waals surface area contributed by atoms with Crippen molar-refractivity contribution in [3.8, 4) is 11.5 Å². The maximum atomic E-state index is 5.64. The van der Waals surface area contributed by atoms with Crippen LogP contribution in [-0.4, -0.2) is 63.8 Å². The van der Waals surface area contributed by atoms with E-state index in [1.54, 1.807) is 6.20 Å². The second kappa shape index (κ2) is 7.18. The number of hydrogen-bond acceptors (Lipinski definition) is 6. The molecule has 2 fully saturated rings. The summed E-state index contributed by atoms with van der Waals surface area (Å²) in [6.07, 6.45) is 3.81. The highest BCUT2D eigenvalue weighted by Gasteiger charge is 2.27. The monoisotopic (exact) mass is 382 g/mol. The molecule has 0 aromatic carbocycles. The molecule has 2 aliphatic rings. The van der Waals surface area contributed by atoms with E-state index in [1.165, 1.54) is 5.56 Å². The van der Waals surface area contributed by atoms with E-state index in [2.05, 4.69) is 35.0 Å². The number of nitrogens with zero attached hydrogens (tertiary/aromatic N) is 5. The van der Waals surface area contributed by atoms with Gasteiger partial charge in [-0.25, -0.2) is 9.50 Å². The van der Waals surface area contributed by atoms with Crippen LogP contribution in [0.1, 0.15) is 36.9 Å². The number of aromatic amines is 1. The van der Waals surface area contributed by atoms with Crippen molar-refractivity contribution in [2.75, 3.05) is 37.9 Å². The fourth-order valence-electron chi connectivity index (χ4n) is 4.37. The molecule has 2 aliphatic heterocycles. The van der Waals surface area contributed by atoms with Crippen molar-refractivity contribution >= 4 is 11.3 Å². The first-order valence-corrected chi connectivity index (χ1v) is 10.0.